The quantitative estimate of drug-likeness (QED) is 0.473. The van der Waals surface area contributed by atoms with Gasteiger partial charge in [-0.2, -0.15) is 0 Å². The Bertz CT molecular complexity index is 714. The van der Waals surface area contributed by atoms with Gasteiger partial charge in [0.05, 0.1) is 19.0 Å². The molecule has 4 atom stereocenters. The fourth-order valence-electron chi connectivity index (χ4n) is 2.33. The van der Waals surface area contributed by atoms with E-state index in [0.717, 1.165) is 0 Å². The third-order valence-corrected chi connectivity index (χ3v) is 3.32. The predicted molar refractivity (Wildman–Crippen MR) is 68.6 cm³/mol. The van der Waals surface area contributed by atoms with Gasteiger partial charge >= 0.3 is 0 Å². The molecule has 3 rings (SSSR count). The van der Waals surface area contributed by atoms with Crippen LogP contribution in [0.25, 0.3) is 21.6 Å². The zero-order valence-electron chi connectivity index (χ0n) is 10.6. The molecule has 1 saturated heterocycles. The maximum absolute atomic E-state index is 14.4. The summed E-state index contributed by atoms with van der Waals surface area (Å²) in [7, 11) is 0. The maximum Gasteiger partial charge on any atom is 0.168 e. The average Bonchev–Trinajstić information content (AvgIpc) is 3.03. The van der Waals surface area contributed by atoms with Crippen LogP contribution in [0.5, 0.6) is 0 Å². The Labute approximate surface area is 117 Å². The van der Waals surface area contributed by atoms with Crippen LogP contribution in [0.15, 0.2) is 17.8 Å². The zero-order chi connectivity index (χ0) is 15.0. The van der Waals surface area contributed by atoms with E-state index in [-0.39, 0.29) is 5.82 Å². The molecule has 0 spiro atoms. The molecule has 0 unspecified atom stereocenters. The molecule has 2 aromatic rings. The number of anilines is 1. The number of ether oxygens (including phenoxy) is 1. The molecule has 21 heavy (non-hydrogen) atoms. The first kappa shape index (κ1) is 13.5. The number of hydrogen-bond donors (Lipinski definition) is 2. The first-order chi connectivity index (χ1) is 10.2. The first-order valence-electron chi connectivity index (χ1n) is 6.05. The van der Waals surface area contributed by atoms with Gasteiger partial charge in [0.25, 0.3) is 0 Å². The molecule has 0 bridgehead atoms. The SMILES string of the molecule is [N-]=[N+]=N[C@H]1[C@@H](F)[C@H](n2cnc3c(N)ncnc32)O[C@@H]1CO. The largest absolute Gasteiger partial charge is 0.394 e. The molecular weight excluding hydrogens is 283 g/mol. The molecule has 2 aromatic heterocycles. The number of aliphatic hydroxyl groups is 1. The number of imidazole rings is 1. The van der Waals surface area contributed by atoms with Crippen molar-refractivity contribution in [2.45, 2.75) is 24.5 Å². The van der Waals surface area contributed by atoms with Crippen molar-refractivity contribution in [3.05, 3.63) is 23.1 Å². The van der Waals surface area contributed by atoms with E-state index in [1.165, 1.54) is 17.2 Å². The van der Waals surface area contributed by atoms with Gasteiger partial charge in [-0.3, -0.25) is 4.57 Å². The van der Waals surface area contributed by atoms with Gasteiger partial charge in [-0.1, -0.05) is 5.11 Å². The molecule has 0 saturated carbocycles. The number of alkyl halides is 1. The number of nitrogens with two attached hydrogens (primary N) is 1. The van der Waals surface area contributed by atoms with Crippen LogP contribution < -0.4 is 5.73 Å². The molecule has 1 aliphatic heterocycles. The second-order valence-electron chi connectivity index (χ2n) is 4.47. The van der Waals surface area contributed by atoms with Gasteiger partial charge in [-0.05, 0) is 5.53 Å². The van der Waals surface area contributed by atoms with E-state index in [4.69, 9.17) is 16.0 Å². The van der Waals surface area contributed by atoms with Crippen molar-refractivity contribution in [3.8, 4) is 0 Å². The van der Waals surface area contributed by atoms with Crippen LogP contribution in [-0.2, 0) is 4.74 Å². The molecule has 3 heterocycles. The van der Waals surface area contributed by atoms with Crippen molar-refractivity contribution < 1.29 is 14.2 Å². The van der Waals surface area contributed by atoms with Crippen LogP contribution in [0.2, 0.25) is 0 Å². The third kappa shape index (κ3) is 2.03. The summed E-state index contributed by atoms with van der Waals surface area (Å²) in [6.07, 6.45) is -1.15. The molecule has 0 aliphatic carbocycles. The summed E-state index contributed by atoms with van der Waals surface area (Å²) in [5.74, 6) is 0.164. The van der Waals surface area contributed by atoms with E-state index >= 15 is 0 Å². The lowest BCUT2D eigenvalue weighted by Gasteiger charge is -2.15. The summed E-state index contributed by atoms with van der Waals surface area (Å²) in [6.45, 7) is -0.468. The van der Waals surface area contributed by atoms with E-state index in [1.807, 2.05) is 0 Å². The summed E-state index contributed by atoms with van der Waals surface area (Å²) < 4.78 is 21.2. The van der Waals surface area contributed by atoms with E-state index < -0.39 is 31.2 Å². The highest BCUT2D eigenvalue weighted by Crippen LogP contribution is 2.35. The van der Waals surface area contributed by atoms with Crippen LogP contribution in [0.4, 0.5) is 10.2 Å². The van der Waals surface area contributed by atoms with E-state index in [1.54, 1.807) is 0 Å². The number of halogens is 1. The molecule has 11 heteroatoms. The van der Waals surface area contributed by atoms with Gasteiger partial charge in [0.1, 0.15) is 17.9 Å². The number of aliphatic hydroxyl groups excluding tert-OH is 1. The van der Waals surface area contributed by atoms with Gasteiger partial charge < -0.3 is 15.6 Å². The van der Waals surface area contributed by atoms with Gasteiger partial charge in [0, 0.05) is 4.91 Å². The minimum atomic E-state index is -1.65. The molecular formula is C10H11FN8O2. The van der Waals surface area contributed by atoms with Crippen molar-refractivity contribution in [2.24, 2.45) is 5.11 Å². The van der Waals surface area contributed by atoms with Crippen molar-refractivity contribution in [1.82, 2.24) is 19.5 Å². The van der Waals surface area contributed by atoms with Crippen LogP contribution in [0.1, 0.15) is 6.23 Å². The zero-order valence-corrected chi connectivity index (χ0v) is 10.6. The number of azide groups is 1. The van der Waals surface area contributed by atoms with Crippen molar-refractivity contribution in [3.63, 3.8) is 0 Å². The Balaban J connectivity index is 2.03. The molecule has 110 valence electrons. The van der Waals surface area contributed by atoms with E-state index in [9.17, 15) is 9.50 Å². The van der Waals surface area contributed by atoms with Crippen molar-refractivity contribution >= 4 is 17.0 Å². The van der Waals surface area contributed by atoms with Crippen molar-refractivity contribution in [1.29, 1.82) is 0 Å². The number of nitrogen functional groups attached to an aromatic ring is 1. The maximum atomic E-state index is 14.4. The molecule has 0 amide bonds. The molecule has 0 radical (unpaired) electrons. The summed E-state index contributed by atoms with van der Waals surface area (Å²) in [5.41, 5.74) is 14.8. The third-order valence-electron chi connectivity index (χ3n) is 3.32. The molecule has 3 N–H and O–H groups in total. The number of nitrogens with zero attached hydrogens (tertiary/aromatic N) is 7. The lowest BCUT2D eigenvalue weighted by molar-refractivity contribution is -0.0360. The highest BCUT2D eigenvalue weighted by molar-refractivity contribution is 5.81. The summed E-state index contributed by atoms with van der Waals surface area (Å²) in [6, 6.07) is -1.12. The molecule has 0 aromatic carbocycles. The topological polar surface area (TPSA) is 148 Å². The molecule has 1 aliphatic rings. The van der Waals surface area contributed by atoms with E-state index in [0.29, 0.717) is 11.2 Å². The highest BCUT2D eigenvalue weighted by Gasteiger charge is 2.46. The van der Waals surface area contributed by atoms with Gasteiger partial charge in [0.15, 0.2) is 23.9 Å². The normalized spacial score (nSPS) is 28.7. The predicted octanol–water partition coefficient (Wildman–Crippen LogP) is 0.315. The van der Waals surface area contributed by atoms with Crippen LogP contribution >= 0.6 is 0 Å². The van der Waals surface area contributed by atoms with Crippen molar-refractivity contribution in [2.75, 3.05) is 12.3 Å². The molecule has 10 nitrogen and oxygen atoms in total. The summed E-state index contributed by atoms with van der Waals surface area (Å²) in [4.78, 5) is 14.4. The minimum absolute atomic E-state index is 0.164. The van der Waals surface area contributed by atoms with Crippen LogP contribution in [0.3, 0.4) is 0 Å². The number of rotatable bonds is 3. The number of aromatic nitrogens is 4. The summed E-state index contributed by atoms with van der Waals surface area (Å²) in [5, 5.41) is 12.6. The lowest BCUT2D eigenvalue weighted by Crippen LogP contribution is -2.28. The van der Waals surface area contributed by atoms with Gasteiger partial charge in [0.2, 0.25) is 0 Å². The Morgan fingerprint density at radius 3 is 3.05 bits per heavy atom. The Kier molecular flexibility index (Phi) is 3.29. The second-order valence-corrected chi connectivity index (χ2v) is 4.47. The Morgan fingerprint density at radius 2 is 2.33 bits per heavy atom. The number of hydrogen-bond acceptors (Lipinski definition) is 7. The first-order valence-corrected chi connectivity index (χ1v) is 6.05. The van der Waals surface area contributed by atoms with E-state index in [2.05, 4.69) is 25.0 Å². The smallest absolute Gasteiger partial charge is 0.168 e. The fourth-order valence-corrected chi connectivity index (χ4v) is 2.33. The second kappa shape index (κ2) is 5.13. The van der Waals surface area contributed by atoms with Gasteiger partial charge in [-0.15, -0.1) is 0 Å². The van der Waals surface area contributed by atoms with Crippen LogP contribution in [0, 0.1) is 0 Å². The highest BCUT2D eigenvalue weighted by atomic mass is 19.1. The minimum Gasteiger partial charge on any atom is -0.394 e. The lowest BCUT2D eigenvalue weighted by atomic mass is 10.1. The Morgan fingerprint density at radius 1 is 1.52 bits per heavy atom. The summed E-state index contributed by atoms with van der Waals surface area (Å²) >= 11 is 0. The van der Waals surface area contributed by atoms with Gasteiger partial charge in [-0.25, -0.2) is 19.3 Å². The van der Waals surface area contributed by atoms with Crippen LogP contribution in [-0.4, -0.2) is 49.5 Å². The number of fused-ring (bicyclic) bond motifs is 1. The average molecular weight is 294 g/mol. The monoisotopic (exact) mass is 294 g/mol. The standard InChI is InChI=1S/C10H11FN8O2/c11-5-6(17-18-13)4(1-20)21-10(5)19-3-16-7-8(12)14-2-15-9(7)19/h2-6,10,20H,1H2,(H2,12,14,15)/t4-,5-,6-,10-/m1/s1. The molecule has 1 fully saturated rings. The fraction of sp³-hybridized carbons (Fsp3) is 0.500. The Hall–Kier alpha value is -2.49.